The minimum atomic E-state index is 0.120. The number of anilines is 1. The number of hydrogen-bond acceptors (Lipinski definition) is 4. The summed E-state index contributed by atoms with van der Waals surface area (Å²) in [6.45, 7) is 14.1. The maximum absolute atomic E-state index is 12.4. The van der Waals surface area contributed by atoms with Crippen molar-refractivity contribution in [1.29, 1.82) is 0 Å². The summed E-state index contributed by atoms with van der Waals surface area (Å²) < 4.78 is 1.71. The Labute approximate surface area is 126 Å². The first-order valence-corrected chi connectivity index (χ1v) is 7.52. The lowest BCUT2D eigenvalue weighted by molar-refractivity contribution is -0.134. The van der Waals surface area contributed by atoms with Gasteiger partial charge in [0.15, 0.2) is 0 Å². The van der Waals surface area contributed by atoms with E-state index in [1.54, 1.807) is 4.68 Å². The molecule has 6 heteroatoms. The van der Waals surface area contributed by atoms with Gasteiger partial charge in [0, 0.05) is 31.7 Å². The molecule has 2 heterocycles. The molecule has 1 saturated heterocycles. The standard InChI is InChI=1S/C15H27N5O/c1-11-14(16)12(2)20(17-11)10-13(21)18-6-8-19(9-7-18)15(3,4)5/h6-10,16H2,1-5H3. The molecule has 2 rings (SSSR count). The van der Waals surface area contributed by atoms with Crippen molar-refractivity contribution in [2.45, 2.75) is 46.7 Å². The van der Waals surface area contributed by atoms with Crippen molar-refractivity contribution in [2.24, 2.45) is 0 Å². The number of amides is 1. The topological polar surface area (TPSA) is 67.4 Å². The van der Waals surface area contributed by atoms with Crippen LogP contribution >= 0.6 is 0 Å². The summed E-state index contributed by atoms with van der Waals surface area (Å²) in [6, 6.07) is 0. The van der Waals surface area contributed by atoms with Crippen molar-refractivity contribution in [1.82, 2.24) is 19.6 Å². The van der Waals surface area contributed by atoms with Crippen LogP contribution in [0.2, 0.25) is 0 Å². The average molecular weight is 293 g/mol. The Morgan fingerprint density at radius 1 is 1.19 bits per heavy atom. The van der Waals surface area contributed by atoms with Crippen LogP contribution < -0.4 is 5.73 Å². The number of carbonyl (C=O) groups excluding carboxylic acids is 1. The van der Waals surface area contributed by atoms with Gasteiger partial charge in [-0.1, -0.05) is 0 Å². The van der Waals surface area contributed by atoms with E-state index in [0.29, 0.717) is 5.69 Å². The molecule has 1 aromatic heterocycles. The first-order valence-electron chi connectivity index (χ1n) is 7.52. The molecule has 0 bridgehead atoms. The van der Waals surface area contributed by atoms with Gasteiger partial charge in [0.1, 0.15) is 6.54 Å². The van der Waals surface area contributed by atoms with Gasteiger partial charge < -0.3 is 10.6 Å². The first kappa shape index (κ1) is 15.8. The Balaban J connectivity index is 1.95. The smallest absolute Gasteiger partial charge is 0.244 e. The van der Waals surface area contributed by atoms with Crippen molar-refractivity contribution in [3.05, 3.63) is 11.4 Å². The van der Waals surface area contributed by atoms with E-state index in [0.717, 1.165) is 37.6 Å². The summed E-state index contributed by atoms with van der Waals surface area (Å²) in [7, 11) is 0. The Morgan fingerprint density at radius 3 is 2.19 bits per heavy atom. The lowest BCUT2D eigenvalue weighted by Crippen LogP contribution is -2.55. The summed E-state index contributed by atoms with van der Waals surface area (Å²) in [5, 5.41) is 4.33. The molecule has 118 valence electrons. The molecule has 1 amide bonds. The number of aryl methyl sites for hydroxylation is 1. The molecule has 6 nitrogen and oxygen atoms in total. The molecule has 1 fully saturated rings. The van der Waals surface area contributed by atoms with E-state index in [4.69, 9.17) is 5.73 Å². The van der Waals surface area contributed by atoms with Crippen LogP contribution in [-0.4, -0.2) is 57.2 Å². The van der Waals surface area contributed by atoms with E-state index in [-0.39, 0.29) is 18.0 Å². The van der Waals surface area contributed by atoms with Crippen LogP contribution in [-0.2, 0) is 11.3 Å². The highest BCUT2D eigenvalue weighted by molar-refractivity contribution is 5.76. The molecular formula is C15H27N5O. The van der Waals surface area contributed by atoms with Gasteiger partial charge in [-0.15, -0.1) is 0 Å². The van der Waals surface area contributed by atoms with Crippen molar-refractivity contribution < 1.29 is 4.79 Å². The summed E-state index contributed by atoms with van der Waals surface area (Å²) in [6.07, 6.45) is 0. The number of rotatable bonds is 2. The fraction of sp³-hybridized carbons (Fsp3) is 0.733. The van der Waals surface area contributed by atoms with E-state index in [1.165, 1.54) is 0 Å². The zero-order valence-corrected chi connectivity index (χ0v) is 13.8. The number of carbonyl (C=O) groups is 1. The second kappa shape index (κ2) is 5.67. The Hall–Kier alpha value is -1.56. The van der Waals surface area contributed by atoms with E-state index < -0.39 is 0 Å². The molecule has 1 aliphatic rings. The Kier molecular flexibility index (Phi) is 4.27. The number of nitrogens with two attached hydrogens (primary N) is 1. The first-order chi connectivity index (χ1) is 9.70. The van der Waals surface area contributed by atoms with Gasteiger partial charge in [-0.3, -0.25) is 14.4 Å². The lowest BCUT2D eigenvalue weighted by atomic mass is 10.1. The van der Waals surface area contributed by atoms with Gasteiger partial charge >= 0.3 is 0 Å². The fourth-order valence-electron chi connectivity index (χ4n) is 2.72. The molecule has 0 aromatic carbocycles. The maximum Gasteiger partial charge on any atom is 0.244 e. The molecule has 0 saturated carbocycles. The molecule has 0 aliphatic carbocycles. The third-order valence-electron chi connectivity index (χ3n) is 4.30. The van der Waals surface area contributed by atoms with Crippen LogP contribution in [0.25, 0.3) is 0 Å². The van der Waals surface area contributed by atoms with Crippen LogP contribution in [0.3, 0.4) is 0 Å². The fourth-order valence-corrected chi connectivity index (χ4v) is 2.72. The Morgan fingerprint density at radius 2 is 1.76 bits per heavy atom. The van der Waals surface area contributed by atoms with E-state index in [2.05, 4.69) is 30.8 Å². The highest BCUT2D eigenvalue weighted by Crippen LogP contribution is 2.17. The predicted octanol–water partition coefficient (Wildman–Crippen LogP) is 1.02. The molecule has 1 aromatic rings. The SMILES string of the molecule is Cc1nn(CC(=O)N2CCN(C(C)(C)C)CC2)c(C)c1N. The summed E-state index contributed by atoms with van der Waals surface area (Å²) in [5.74, 6) is 0.120. The lowest BCUT2D eigenvalue weighted by Gasteiger charge is -2.42. The molecule has 0 radical (unpaired) electrons. The van der Waals surface area contributed by atoms with Gasteiger partial charge in [0.25, 0.3) is 0 Å². The van der Waals surface area contributed by atoms with Gasteiger partial charge in [-0.05, 0) is 34.6 Å². The quantitative estimate of drug-likeness (QED) is 0.884. The molecule has 0 spiro atoms. The van der Waals surface area contributed by atoms with Crippen LogP contribution in [0, 0.1) is 13.8 Å². The minimum Gasteiger partial charge on any atom is -0.396 e. The number of nitrogen functional groups attached to an aromatic ring is 1. The third-order valence-corrected chi connectivity index (χ3v) is 4.30. The van der Waals surface area contributed by atoms with Crippen LogP contribution in [0.5, 0.6) is 0 Å². The van der Waals surface area contributed by atoms with Gasteiger partial charge in [-0.25, -0.2) is 0 Å². The maximum atomic E-state index is 12.4. The molecule has 1 aliphatic heterocycles. The van der Waals surface area contributed by atoms with Crippen molar-refractivity contribution in [3.8, 4) is 0 Å². The van der Waals surface area contributed by atoms with E-state index in [9.17, 15) is 4.79 Å². The number of aromatic nitrogens is 2. The summed E-state index contributed by atoms with van der Waals surface area (Å²) in [4.78, 5) is 16.7. The van der Waals surface area contributed by atoms with Gasteiger partial charge in [-0.2, -0.15) is 5.10 Å². The average Bonchev–Trinajstić information content (AvgIpc) is 2.65. The zero-order chi connectivity index (χ0) is 15.8. The van der Waals surface area contributed by atoms with Gasteiger partial charge in [0.2, 0.25) is 5.91 Å². The summed E-state index contributed by atoms with van der Waals surface area (Å²) in [5.41, 5.74) is 8.41. The highest BCUT2D eigenvalue weighted by atomic mass is 16.2. The monoisotopic (exact) mass is 293 g/mol. The predicted molar refractivity (Wildman–Crippen MR) is 84.0 cm³/mol. The van der Waals surface area contributed by atoms with Crippen molar-refractivity contribution >= 4 is 11.6 Å². The van der Waals surface area contributed by atoms with E-state index in [1.807, 2.05) is 18.7 Å². The zero-order valence-electron chi connectivity index (χ0n) is 13.8. The minimum absolute atomic E-state index is 0.120. The van der Waals surface area contributed by atoms with Crippen LogP contribution in [0.4, 0.5) is 5.69 Å². The van der Waals surface area contributed by atoms with Crippen molar-refractivity contribution in [3.63, 3.8) is 0 Å². The number of nitrogens with zero attached hydrogens (tertiary/aromatic N) is 4. The molecule has 0 unspecified atom stereocenters. The number of hydrogen-bond donors (Lipinski definition) is 1. The second-order valence-corrected chi connectivity index (χ2v) is 6.78. The van der Waals surface area contributed by atoms with Crippen molar-refractivity contribution in [2.75, 3.05) is 31.9 Å². The normalized spacial score (nSPS) is 17.3. The second-order valence-electron chi connectivity index (χ2n) is 6.78. The molecule has 0 atom stereocenters. The summed E-state index contributed by atoms with van der Waals surface area (Å²) >= 11 is 0. The largest absolute Gasteiger partial charge is 0.396 e. The third kappa shape index (κ3) is 3.37. The van der Waals surface area contributed by atoms with Crippen LogP contribution in [0.1, 0.15) is 32.2 Å². The molecule has 21 heavy (non-hydrogen) atoms. The van der Waals surface area contributed by atoms with Crippen LogP contribution in [0.15, 0.2) is 0 Å². The van der Waals surface area contributed by atoms with E-state index >= 15 is 0 Å². The van der Waals surface area contributed by atoms with Gasteiger partial charge in [0.05, 0.1) is 17.1 Å². The highest BCUT2D eigenvalue weighted by Gasteiger charge is 2.28. The number of piperazine rings is 1. The molecular weight excluding hydrogens is 266 g/mol. The molecule has 2 N–H and O–H groups in total. The Bertz CT molecular complexity index is 521.